The molecule has 0 fully saturated rings. The zero-order valence-electron chi connectivity index (χ0n) is 7.32. The Morgan fingerprint density at radius 3 is 1.18 bits per heavy atom. The molecule has 0 saturated heterocycles. The third kappa shape index (κ3) is 18.5. The van der Waals surface area contributed by atoms with Crippen molar-refractivity contribution in [1.29, 1.82) is 0 Å². The molecule has 11 heteroatoms. The molecule has 0 bridgehead atoms. The van der Waals surface area contributed by atoms with Gasteiger partial charge in [0.05, 0.1) is 0 Å². The molecule has 0 aromatic carbocycles. The molecule has 0 aliphatic rings. The fraction of sp³-hybridized carbons (Fsp3) is 0. The Bertz CT molecular complexity index is 165. The quantitative estimate of drug-likeness (QED) is 0.375. The summed E-state index contributed by atoms with van der Waals surface area (Å²) in [6, 6.07) is 0. The van der Waals surface area contributed by atoms with E-state index < -0.39 is 15.6 Å². The first-order valence-corrected chi connectivity index (χ1v) is 4.59. The third-order valence-corrected chi connectivity index (χ3v) is 1.91. The average Bonchev–Trinajstić information content (AvgIpc) is 1.14. The van der Waals surface area contributed by atoms with E-state index in [0.717, 1.165) is 0 Å². The molecule has 0 unspecified atom stereocenters. The SMILES string of the molecule is O=P(O)(O)OP(=O)(O)O.[H-].[H-].[Mg+2].[Zn]. The van der Waals surface area contributed by atoms with E-state index in [1.807, 2.05) is 0 Å². The van der Waals surface area contributed by atoms with Gasteiger partial charge in [-0.1, -0.05) is 0 Å². The van der Waals surface area contributed by atoms with E-state index in [1.165, 1.54) is 0 Å². The maximum absolute atomic E-state index is 9.63. The summed E-state index contributed by atoms with van der Waals surface area (Å²) in [6.45, 7) is 0. The molecule has 0 aromatic heterocycles. The summed E-state index contributed by atoms with van der Waals surface area (Å²) in [4.78, 5) is 31.0. The normalized spacial score (nSPS) is 11.3. The van der Waals surface area contributed by atoms with Crippen molar-refractivity contribution in [3.63, 3.8) is 0 Å². The third-order valence-electron chi connectivity index (χ3n) is 0.213. The summed E-state index contributed by atoms with van der Waals surface area (Å²) < 4.78 is 22.2. The molecule has 4 N–H and O–H groups in total. The second-order valence-electron chi connectivity index (χ2n) is 1.06. The van der Waals surface area contributed by atoms with Crippen molar-refractivity contribution in [3.05, 3.63) is 0 Å². The molecule has 7 nitrogen and oxygen atoms in total. The van der Waals surface area contributed by atoms with Crippen LogP contribution in [0.1, 0.15) is 2.85 Å². The van der Waals surface area contributed by atoms with Crippen LogP contribution in [0, 0.1) is 0 Å². The first-order chi connectivity index (χ1) is 3.71. The minimum Gasteiger partial charge on any atom is -1.00 e. The molecule has 0 heterocycles. The molecule has 0 saturated carbocycles. The van der Waals surface area contributed by atoms with Crippen LogP contribution >= 0.6 is 15.6 Å². The molecule has 0 spiro atoms. The summed E-state index contributed by atoms with van der Waals surface area (Å²) in [5.41, 5.74) is 0. The van der Waals surface area contributed by atoms with Gasteiger partial charge in [0.1, 0.15) is 0 Å². The topological polar surface area (TPSA) is 124 Å². The maximum Gasteiger partial charge on any atom is 2.00 e. The Morgan fingerprint density at radius 1 is 1.00 bits per heavy atom. The molecule has 0 aromatic rings. The minimum absolute atomic E-state index is 0. The van der Waals surface area contributed by atoms with E-state index in [4.69, 9.17) is 19.6 Å². The first-order valence-electron chi connectivity index (χ1n) is 1.53. The molecular formula is H6MgO7P2Zn. The monoisotopic (exact) mass is 268 g/mol. The van der Waals surface area contributed by atoms with Crippen molar-refractivity contribution in [2.24, 2.45) is 0 Å². The van der Waals surface area contributed by atoms with Crippen LogP contribution in [-0.2, 0) is 32.9 Å². The summed E-state index contributed by atoms with van der Waals surface area (Å²) >= 11 is 0. The predicted octanol–water partition coefficient (Wildman–Crippen LogP) is -0.970. The molecule has 0 amide bonds. The van der Waals surface area contributed by atoms with Crippen molar-refractivity contribution < 1.29 is 55.3 Å². The Morgan fingerprint density at radius 2 is 1.18 bits per heavy atom. The van der Waals surface area contributed by atoms with E-state index in [2.05, 4.69) is 4.31 Å². The van der Waals surface area contributed by atoms with Crippen LogP contribution in [0.3, 0.4) is 0 Å². The van der Waals surface area contributed by atoms with Crippen LogP contribution in [0.2, 0.25) is 0 Å². The van der Waals surface area contributed by atoms with Gasteiger partial charge in [0, 0.05) is 19.5 Å². The van der Waals surface area contributed by atoms with Crippen LogP contribution in [0.15, 0.2) is 0 Å². The zero-order chi connectivity index (χ0) is 7.71. The van der Waals surface area contributed by atoms with Crippen molar-refractivity contribution in [2.45, 2.75) is 0 Å². The predicted molar refractivity (Wildman–Crippen MR) is 33.2 cm³/mol. The number of rotatable bonds is 2. The van der Waals surface area contributed by atoms with Crippen LogP contribution in [0.25, 0.3) is 0 Å². The first kappa shape index (κ1) is 18.4. The average molecular weight is 270 g/mol. The van der Waals surface area contributed by atoms with Gasteiger partial charge in [0.15, 0.2) is 0 Å². The van der Waals surface area contributed by atoms with E-state index in [0.29, 0.717) is 0 Å². The molecule has 11 heavy (non-hydrogen) atoms. The van der Waals surface area contributed by atoms with Gasteiger partial charge in [0.2, 0.25) is 0 Å². The van der Waals surface area contributed by atoms with E-state index in [9.17, 15) is 9.13 Å². The van der Waals surface area contributed by atoms with Gasteiger partial charge < -0.3 is 22.4 Å². The Balaban J connectivity index is -0.0000000533. The molecule has 0 rings (SSSR count). The number of phosphoric acid groups is 2. The standard InChI is InChI=1S/Mg.H4O7P2.Zn.2H/c;1-8(2,3)7-9(4,5)6;;;/h;(H2,1,2,3)(H2,4,5,6);;;/q+2;;;2*-1. The Kier molecular flexibility index (Phi) is 10.3. The summed E-state index contributed by atoms with van der Waals surface area (Å²) in [5, 5.41) is 0. The molecule has 0 aliphatic carbocycles. The second-order valence-corrected chi connectivity index (χ2v) is 3.68. The van der Waals surface area contributed by atoms with Crippen molar-refractivity contribution in [3.8, 4) is 0 Å². The fourth-order valence-electron chi connectivity index (χ4n) is 0.139. The van der Waals surface area contributed by atoms with Gasteiger partial charge in [-0.05, 0) is 0 Å². The smallest absolute Gasteiger partial charge is 1.00 e. The van der Waals surface area contributed by atoms with Gasteiger partial charge in [-0.3, -0.25) is 0 Å². The van der Waals surface area contributed by atoms with Crippen LogP contribution in [-0.4, -0.2) is 42.6 Å². The van der Waals surface area contributed by atoms with Crippen LogP contribution in [0.4, 0.5) is 0 Å². The van der Waals surface area contributed by atoms with Gasteiger partial charge in [-0.15, -0.1) is 0 Å². The molecule has 62 valence electrons. The van der Waals surface area contributed by atoms with Gasteiger partial charge >= 0.3 is 38.7 Å². The molecule has 0 radical (unpaired) electrons. The van der Waals surface area contributed by atoms with Crippen LogP contribution in [0.5, 0.6) is 0 Å². The van der Waals surface area contributed by atoms with Crippen molar-refractivity contribution >= 4 is 38.7 Å². The van der Waals surface area contributed by atoms with Gasteiger partial charge in [-0.2, -0.15) is 4.31 Å². The molecule has 0 atom stereocenters. The number of hydrogen-bond acceptors (Lipinski definition) is 3. The van der Waals surface area contributed by atoms with Crippen molar-refractivity contribution in [1.82, 2.24) is 0 Å². The summed E-state index contributed by atoms with van der Waals surface area (Å²) in [7, 11) is -10.1. The minimum atomic E-state index is -5.05. The Labute approximate surface area is 93.9 Å². The number of hydrogen-bond donors (Lipinski definition) is 4. The molecule has 0 aliphatic heterocycles. The second kappa shape index (κ2) is 6.16. The Hall–Kier alpha value is 1.65. The summed E-state index contributed by atoms with van der Waals surface area (Å²) in [6.07, 6.45) is 0. The maximum atomic E-state index is 9.63. The zero-order valence-corrected chi connectivity index (χ0v) is 11.5. The van der Waals surface area contributed by atoms with E-state index in [1.54, 1.807) is 0 Å². The van der Waals surface area contributed by atoms with E-state index >= 15 is 0 Å². The largest absolute Gasteiger partial charge is 2.00 e. The van der Waals surface area contributed by atoms with Gasteiger partial charge in [-0.25, -0.2) is 9.13 Å². The van der Waals surface area contributed by atoms with E-state index in [-0.39, 0.29) is 45.4 Å². The fourth-order valence-corrected chi connectivity index (χ4v) is 1.25. The summed E-state index contributed by atoms with van der Waals surface area (Å²) in [5.74, 6) is 0. The van der Waals surface area contributed by atoms with Crippen LogP contribution < -0.4 is 0 Å². The van der Waals surface area contributed by atoms with Gasteiger partial charge in [0.25, 0.3) is 0 Å². The molecular weight excluding hydrogens is 264 g/mol. The van der Waals surface area contributed by atoms with Crippen molar-refractivity contribution in [2.75, 3.05) is 0 Å².